The number of carbonyl (C=O) groups excluding carboxylic acids is 2. The van der Waals surface area contributed by atoms with Gasteiger partial charge in [-0.15, -0.1) is 0 Å². The van der Waals surface area contributed by atoms with Gasteiger partial charge in [0.15, 0.2) is 0 Å². The first kappa shape index (κ1) is 12.0. The average Bonchev–Trinajstić information content (AvgIpc) is 3.09. The van der Waals surface area contributed by atoms with E-state index in [0.29, 0.717) is 11.8 Å². The second-order valence-corrected chi connectivity index (χ2v) is 6.22. The van der Waals surface area contributed by atoms with Crippen LogP contribution in [-0.4, -0.2) is 34.8 Å². The Kier molecular flexibility index (Phi) is 2.83. The summed E-state index contributed by atoms with van der Waals surface area (Å²) in [5, 5.41) is 2.92. The molecule has 4 unspecified atom stereocenters. The number of nitrogens with one attached hydrogen (secondary N) is 1. The minimum absolute atomic E-state index is 0.0330. The maximum atomic E-state index is 12.6. The molecule has 0 radical (unpaired) electrons. The van der Waals surface area contributed by atoms with Gasteiger partial charge in [0.1, 0.15) is 12.1 Å². The molecule has 0 aromatic heterocycles. The molecule has 4 heteroatoms. The number of nitrogens with zero attached hydrogens (tertiary/aromatic N) is 1. The van der Waals surface area contributed by atoms with Gasteiger partial charge in [-0.1, -0.05) is 13.3 Å². The van der Waals surface area contributed by atoms with Gasteiger partial charge >= 0.3 is 0 Å². The lowest BCUT2D eigenvalue weighted by molar-refractivity contribution is -0.152. The third-order valence-corrected chi connectivity index (χ3v) is 4.88. The van der Waals surface area contributed by atoms with Crippen molar-refractivity contribution in [2.75, 3.05) is 0 Å². The van der Waals surface area contributed by atoms with Crippen LogP contribution in [0.1, 0.15) is 46.0 Å². The Hall–Kier alpha value is -1.06. The van der Waals surface area contributed by atoms with Crippen molar-refractivity contribution < 1.29 is 9.59 Å². The molecule has 3 fully saturated rings. The van der Waals surface area contributed by atoms with Crippen LogP contribution >= 0.6 is 0 Å². The Balaban J connectivity index is 1.84. The summed E-state index contributed by atoms with van der Waals surface area (Å²) in [6, 6.07) is -0.251. The van der Waals surface area contributed by atoms with Crippen molar-refractivity contribution in [3.63, 3.8) is 0 Å². The molecule has 1 N–H and O–H groups in total. The highest BCUT2D eigenvalue weighted by atomic mass is 16.2. The Morgan fingerprint density at radius 2 is 1.83 bits per heavy atom. The van der Waals surface area contributed by atoms with E-state index in [0.717, 1.165) is 19.3 Å². The topological polar surface area (TPSA) is 49.4 Å². The number of amides is 2. The van der Waals surface area contributed by atoms with Gasteiger partial charge in [0, 0.05) is 6.04 Å². The van der Waals surface area contributed by atoms with E-state index in [-0.39, 0.29) is 29.9 Å². The van der Waals surface area contributed by atoms with Gasteiger partial charge in [0.05, 0.1) is 0 Å². The lowest BCUT2D eigenvalue weighted by atomic mass is 9.97. The molecule has 0 aromatic carbocycles. The molecule has 2 amide bonds. The van der Waals surface area contributed by atoms with Crippen LogP contribution in [0.25, 0.3) is 0 Å². The molecule has 0 aromatic rings. The molecule has 100 valence electrons. The van der Waals surface area contributed by atoms with Crippen LogP contribution in [0.3, 0.4) is 0 Å². The van der Waals surface area contributed by atoms with Crippen LogP contribution in [0.5, 0.6) is 0 Å². The van der Waals surface area contributed by atoms with Gasteiger partial charge in [-0.3, -0.25) is 9.59 Å². The molecule has 18 heavy (non-hydrogen) atoms. The molecule has 0 bridgehead atoms. The molecule has 4 nitrogen and oxygen atoms in total. The van der Waals surface area contributed by atoms with E-state index in [1.165, 1.54) is 12.8 Å². The summed E-state index contributed by atoms with van der Waals surface area (Å²) >= 11 is 0. The highest BCUT2D eigenvalue weighted by molar-refractivity contribution is 5.97. The van der Waals surface area contributed by atoms with Crippen LogP contribution in [0.4, 0.5) is 0 Å². The number of rotatable bonds is 2. The summed E-state index contributed by atoms with van der Waals surface area (Å²) in [6.07, 6.45) is 5.58. The zero-order chi connectivity index (χ0) is 12.9. The van der Waals surface area contributed by atoms with E-state index in [9.17, 15) is 9.59 Å². The Morgan fingerprint density at radius 3 is 2.39 bits per heavy atom. The van der Waals surface area contributed by atoms with Gasteiger partial charge in [-0.05, 0) is 44.4 Å². The normalized spacial score (nSPS) is 41.1. The van der Waals surface area contributed by atoms with Crippen molar-refractivity contribution in [2.45, 2.75) is 64.1 Å². The van der Waals surface area contributed by atoms with Crippen molar-refractivity contribution in [1.82, 2.24) is 10.2 Å². The maximum Gasteiger partial charge on any atom is 0.246 e. The number of piperazine rings is 1. The third kappa shape index (κ3) is 1.82. The van der Waals surface area contributed by atoms with E-state index >= 15 is 0 Å². The van der Waals surface area contributed by atoms with E-state index in [1.807, 2.05) is 11.8 Å². The van der Waals surface area contributed by atoms with Gasteiger partial charge in [0.25, 0.3) is 0 Å². The second-order valence-electron chi connectivity index (χ2n) is 6.22. The fraction of sp³-hybridized carbons (Fsp3) is 0.857. The zero-order valence-electron chi connectivity index (χ0n) is 11.2. The monoisotopic (exact) mass is 250 g/mol. The van der Waals surface area contributed by atoms with Gasteiger partial charge in [-0.2, -0.15) is 0 Å². The first-order valence-corrected chi connectivity index (χ1v) is 7.22. The Morgan fingerprint density at radius 1 is 1.11 bits per heavy atom. The molecule has 2 saturated carbocycles. The van der Waals surface area contributed by atoms with Gasteiger partial charge < -0.3 is 10.2 Å². The van der Waals surface area contributed by atoms with Gasteiger partial charge in [0.2, 0.25) is 11.8 Å². The highest BCUT2D eigenvalue weighted by Gasteiger charge is 2.48. The number of hydrogen-bond acceptors (Lipinski definition) is 2. The van der Waals surface area contributed by atoms with Crippen LogP contribution in [0.2, 0.25) is 0 Å². The van der Waals surface area contributed by atoms with Crippen molar-refractivity contribution in [2.24, 2.45) is 11.8 Å². The highest BCUT2D eigenvalue weighted by Crippen LogP contribution is 2.38. The predicted molar refractivity (Wildman–Crippen MR) is 67.8 cm³/mol. The Bertz CT molecular complexity index is 378. The van der Waals surface area contributed by atoms with E-state index in [1.54, 1.807) is 0 Å². The summed E-state index contributed by atoms with van der Waals surface area (Å²) in [5.74, 6) is 1.13. The standard InChI is InChI=1S/C14H22N2O2/c1-8-4-3-5-11(8)16-9(2)13(17)15-12(14(16)18)10-6-7-10/h8-12H,3-7H2,1-2H3,(H,15,17). The molecule has 4 atom stereocenters. The molecule has 3 rings (SSSR count). The van der Waals surface area contributed by atoms with Crippen LogP contribution in [0, 0.1) is 11.8 Å². The van der Waals surface area contributed by atoms with E-state index < -0.39 is 0 Å². The summed E-state index contributed by atoms with van der Waals surface area (Å²) in [7, 11) is 0. The van der Waals surface area contributed by atoms with E-state index in [2.05, 4.69) is 12.2 Å². The summed E-state index contributed by atoms with van der Waals surface area (Å²) in [4.78, 5) is 26.6. The van der Waals surface area contributed by atoms with Gasteiger partial charge in [-0.25, -0.2) is 0 Å². The van der Waals surface area contributed by atoms with Crippen molar-refractivity contribution in [1.29, 1.82) is 0 Å². The molecular formula is C14H22N2O2. The maximum absolute atomic E-state index is 12.6. The first-order valence-electron chi connectivity index (χ1n) is 7.22. The molecular weight excluding hydrogens is 228 g/mol. The lowest BCUT2D eigenvalue weighted by Gasteiger charge is -2.42. The zero-order valence-corrected chi connectivity index (χ0v) is 11.2. The van der Waals surface area contributed by atoms with E-state index in [4.69, 9.17) is 0 Å². The predicted octanol–water partition coefficient (Wildman–Crippen LogP) is 1.30. The fourth-order valence-corrected chi connectivity index (χ4v) is 3.55. The number of hydrogen-bond donors (Lipinski definition) is 1. The van der Waals surface area contributed by atoms with Crippen molar-refractivity contribution >= 4 is 11.8 Å². The fourth-order valence-electron chi connectivity index (χ4n) is 3.55. The minimum Gasteiger partial charge on any atom is -0.342 e. The second kappa shape index (κ2) is 4.25. The molecule has 3 aliphatic rings. The minimum atomic E-state index is -0.293. The first-order chi connectivity index (χ1) is 8.59. The van der Waals surface area contributed by atoms with Crippen LogP contribution in [-0.2, 0) is 9.59 Å². The quantitative estimate of drug-likeness (QED) is 0.803. The van der Waals surface area contributed by atoms with Crippen LogP contribution < -0.4 is 5.32 Å². The smallest absolute Gasteiger partial charge is 0.246 e. The molecule has 1 aliphatic heterocycles. The molecule has 1 heterocycles. The lowest BCUT2D eigenvalue weighted by Crippen LogP contribution is -2.65. The largest absolute Gasteiger partial charge is 0.342 e. The molecule has 2 aliphatic carbocycles. The van der Waals surface area contributed by atoms with Crippen molar-refractivity contribution in [3.8, 4) is 0 Å². The molecule has 1 saturated heterocycles. The summed E-state index contributed by atoms with van der Waals surface area (Å²) < 4.78 is 0. The summed E-state index contributed by atoms with van der Waals surface area (Å²) in [5.41, 5.74) is 0. The number of carbonyl (C=O) groups is 2. The average molecular weight is 250 g/mol. The summed E-state index contributed by atoms with van der Waals surface area (Å²) in [6.45, 7) is 4.07. The third-order valence-electron chi connectivity index (χ3n) is 4.88. The Labute approximate surface area is 108 Å². The van der Waals surface area contributed by atoms with Crippen LogP contribution in [0.15, 0.2) is 0 Å². The van der Waals surface area contributed by atoms with Crippen molar-refractivity contribution in [3.05, 3.63) is 0 Å². The SMILES string of the molecule is CC1CCCC1N1C(=O)C(C2CC2)NC(=O)C1C. The molecule has 0 spiro atoms.